The van der Waals surface area contributed by atoms with E-state index in [1.807, 2.05) is 12.3 Å². The minimum absolute atomic E-state index is 0.258. The fourth-order valence-electron chi connectivity index (χ4n) is 3.24. The highest BCUT2D eigenvalue weighted by Gasteiger charge is 2.26. The highest BCUT2D eigenvalue weighted by molar-refractivity contribution is 9.10. The molecule has 1 unspecified atom stereocenters. The van der Waals surface area contributed by atoms with Crippen LogP contribution in [-0.2, 0) is 6.42 Å². The predicted molar refractivity (Wildman–Crippen MR) is 93.5 cm³/mol. The van der Waals surface area contributed by atoms with Crippen LogP contribution in [0.3, 0.4) is 0 Å². The number of halogens is 1. The number of primary amides is 1. The van der Waals surface area contributed by atoms with Crippen molar-refractivity contribution in [3.8, 4) is 0 Å². The maximum absolute atomic E-state index is 11.6. The second-order valence-corrected chi connectivity index (χ2v) is 9.20. The number of aromatic amines is 1. The molecule has 1 amide bonds. The molecule has 1 aromatic carbocycles. The molecule has 1 aliphatic rings. The van der Waals surface area contributed by atoms with Gasteiger partial charge < -0.3 is 10.7 Å². The van der Waals surface area contributed by atoms with Gasteiger partial charge in [-0.15, -0.1) is 0 Å². The van der Waals surface area contributed by atoms with Crippen LogP contribution in [0, 0.1) is 5.92 Å². The van der Waals surface area contributed by atoms with Crippen molar-refractivity contribution in [2.45, 2.75) is 19.3 Å². The smallest absolute Gasteiger partial charge is 0.250 e. The molecule has 2 aromatic rings. The van der Waals surface area contributed by atoms with Crippen molar-refractivity contribution in [3.63, 3.8) is 0 Å². The molecule has 1 fully saturated rings. The molecule has 0 spiro atoms. The summed E-state index contributed by atoms with van der Waals surface area (Å²) in [4.78, 5) is 14.7. The summed E-state index contributed by atoms with van der Waals surface area (Å²) in [5, 5.41) is 0.963. The Kier molecular flexibility index (Phi) is 4.24. The number of fused-ring (bicyclic) bond motifs is 1. The molecular formula is C15H19BrN2O3S. The third-order valence-corrected chi connectivity index (χ3v) is 6.61. The lowest BCUT2D eigenvalue weighted by atomic mass is 9.95. The van der Waals surface area contributed by atoms with E-state index in [-0.39, 0.29) is 5.92 Å². The molecule has 1 aromatic heterocycles. The topological polar surface area (TPSA) is 99.3 Å². The average molecular weight is 387 g/mol. The summed E-state index contributed by atoms with van der Waals surface area (Å²) in [5.74, 6) is 0.783. The normalized spacial score (nSPS) is 22.6. The first-order valence-electron chi connectivity index (χ1n) is 7.18. The van der Waals surface area contributed by atoms with E-state index >= 15 is 0 Å². The zero-order valence-corrected chi connectivity index (χ0v) is 14.4. The van der Waals surface area contributed by atoms with Crippen molar-refractivity contribution >= 4 is 43.3 Å². The molecular weight excluding hydrogens is 368 g/mol. The molecule has 5 N–H and O–H groups in total. The zero-order valence-electron chi connectivity index (χ0n) is 12.0. The molecule has 0 radical (unpaired) electrons. The number of amides is 1. The SMILES string of the molecule is NC(=O)c1cc(Br)cc2c(CC3CCCS(O)(O)C3)c[nH]c12. The monoisotopic (exact) mass is 386 g/mol. The zero-order chi connectivity index (χ0) is 15.9. The Hall–Kier alpha value is -1.02. The van der Waals surface area contributed by atoms with Gasteiger partial charge in [0.25, 0.3) is 5.91 Å². The third kappa shape index (κ3) is 3.17. The van der Waals surface area contributed by atoms with Crippen LogP contribution in [0.15, 0.2) is 22.8 Å². The maximum atomic E-state index is 11.6. The van der Waals surface area contributed by atoms with Crippen LogP contribution in [0.5, 0.6) is 0 Å². The lowest BCUT2D eigenvalue weighted by Gasteiger charge is -2.40. The number of carbonyl (C=O) groups excluding carboxylic acids is 1. The van der Waals surface area contributed by atoms with E-state index in [2.05, 4.69) is 20.9 Å². The Morgan fingerprint density at radius 1 is 1.45 bits per heavy atom. The van der Waals surface area contributed by atoms with Crippen LogP contribution in [-0.4, -0.2) is 31.5 Å². The molecule has 120 valence electrons. The number of rotatable bonds is 3. The summed E-state index contributed by atoms with van der Waals surface area (Å²) in [5.41, 5.74) is 7.72. The predicted octanol–water partition coefficient (Wildman–Crippen LogP) is 3.73. The summed E-state index contributed by atoms with van der Waals surface area (Å²) >= 11 is 3.42. The van der Waals surface area contributed by atoms with Crippen molar-refractivity contribution in [2.24, 2.45) is 11.7 Å². The average Bonchev–Trinajstić information content (AvgIpc) is 2.79. The van der Waals surface area contributed by atoms with Crippen LogP contribution < -0.4 is 5.73 Å². The summed E-state index contributed by atoms with van der Waals surface area (Å²) in [6.07, 6.45) is 4.51. The van der Waals surface area contributed by atoms with Gasteiger partial charge in [-0.3, -0.25) is 13.9 Å². The Morgan fingerprint density at radius 3 is 2.91 bits per heavy atom. The fourth-order valence-corrected chi connectivity index (χ4v) is 5.53. The number of nitrogens with one attached hydrogen (secondary N) is 1. The fraction of sp³-hybridized carbons (Fsp3) is 0.400. The van der Waals surface area contributed by atoms with Gasteiger partial charge >= 0.3 is 0 Å². The first kappa shape index (κ1) is 15.9. The van der Waals surface area contributed by atoms with E-state index in [1.165, 1.54) is 0 Å². The van der Waals surface area contributed by atoms with Crippen LogP contribution in [0.1, 0.15) is 28.8 Å². The first-order valence-corrected chi connectivity index (χ1v) is 9.86. The van der Waals surface area contributed by atoms with Crippen molar-refractivity contribution in [1.82, 2.24) is 4.98 Å². The quantitative estimate of drug-likeness (QED) is 0.646. The van der Waals surface area contributed by atoms with E-state index in [1.54, 1.807) is 6.07 Å². The van der Waals surface area contributed by atoms with Crippen LogP contribution in [0.25, 0.3) is 10.9 Å². The van der Waals surface area contributed by atoms with E-state index in [0.29, 0.717) is 17.1 Å². The lowest BCUT2D eigenvalue weighted by molar-refractivity contribution is 0.100. The summed E-state index contributed by atoms with van der Waals surface area (Å²) in [7, 11) is -2.41. The van der Waals surface area contributed by atoms with Gasteiger partial charge in [-0.2, -0.15) is 10.6 Å². The molecule has 7 heteroatoms. The molecule has 5 nitrogen and oxygen atoms in total. The summed E-state index contributed by atoms with van der Waals surface area (Å²) in [6, 6.07) is 3.68. The molecule has 1 atom stereocenters. The van der Waals surface area contributed by atoms with E-state index in [9.17, 15) is 13.9 Å². The largest absolute Gasteiger partial charge is 0.366 e. The standard InChI is InChI=1S/C15H19BrN2O3S/c16-11-5-12-10(4-9-2-1-3-22(20,21)8-9)7-18-14(12)13(6-11)15(17)19/h5-7,9,18,20-21H,1-4,8H2,(H2,17,19). The van der Waals surface area contributed by atoms with Crippen LogP contribution in [0.2, 0.25) is 0 Å². The van der Waals surface area contributed by atoms with Crippen molar-refractivity contribution in [2.75, 3.05) is 11.5 Å². The van der Waals surface area contributed by atoms with Gasteiger partial charge in [-0.1, -0.05) is 15.9 Å². The van der Waals surface area contributed by atoms with Gasteiger partial charge in [0.2, 0.25) is 0 Å². The molecule has 22 heavy (non-hydrogen) atoms. The van der Waals surface area contributed by atoms with Gasteiger partial charge in [0, 0.05) is 27.6 Å². The van der Waals surface area contributed by atoms with Gasteiger partial charge in [-0.25, -0.2) is 0 Å². The number of aromatic nitrogens is 1. The van der Waals surface area contributed by atoms with Crippen LogP contribution in [0.4, 0.5) is 0 Å². The van der Waals surface area contributed by atoms with Gasteiger partial charge in [-0.05, 0) is 42.9 Å². The molecule has 2 heterocycles. The molecule has 0 aliphatic carbocycles. The second kappa shape index (κ2) is 5.88. The molecule has 0 bridgehead atoms. The number of hydrogen-bond donors (Lipinski definition) is 4. The second-order valence-electron chi connectivity index (χ2n) is 5.94. The number of benzene rings is 1. The summed E-state index contributed by atoms with van der Waals surface area (Å²) < 4.78 is 20.6. The van der Waals surface area contributed by atoms with Crippen molar-refractivity contribution in [3.05, 3.63) is 33.9 Å². The summed E-state index contributed by atoms with van der Waals surface area (Å²) in [6.45, 7) is 0. The Morgan fingerprint density at radius 2 is 2.23 bits per heavy atom. The molecule has 1 saturated heterocycles. The van der Waals surface area contributed by atoms with Gasteiger partial charge in [0.1, 0.15) is 0 Å². The highest BCUT2D eigenvalue weighted by atomic mass is 79.9. The van der Waals surface area contributed by atoms with Crippen molar-refractivity contribution < 1.29 is 13.9 Å². The van der Waals surface area contributed by atoms with Crippen molar-refractivity contribution in [1.29, 1.82) is 0 Å². The molecule has 1 aliphatic heterocycles. The molecule has 0 saturated carbocycles. The van der Waals surface area contributed by atoms with E-state index in [0.717, 1.165) is 40.2 Å². The number of nitrogens with two attached hydrogens (primary N) is 1. The third-order valence-electron chi connectivity index (χ3n) is 4.20. The lowest BCUT2D eigenvalue weighted by Crippen LogP contribution is -2.23. The van der Waals surface area contributed by atoms with E-state index in [4.69, 9.17) is 5.73 Å². The Labute approximate surface area is 138 Å². The Balaban J connectivity index is 1.93. The van der Waals surface area contributed by atoms with Crippen LogP contribution >= 0.6 is 26.5 Å². The Bertz CT molecular complexity index is 729. The molecule has 3 rings (SSSR count). The van der Waals surface area contributed by atoms with Gasteiger partial charge in [0.05, 0.1) is 11.1 Å². The van der Waals surface area contributed by atoms with E-state index < -0.39 is 16.5 Å². The minimum Gasteiger partial charge on any atom is -0.366 e. The number of H-pyrrole nitrogens is 1. The highest BCUT2D eigenvalue weighted by Crippen LogP contribution is 2.47. The first-order chi connectivity index (χ1) is 10.4. The minimum atomic E-state index is -2.41. The number of carbonyl (C=O) groups is 1. The number of hydrogen-bond acceptors (Lipinski definition) is 3. The van der Waals surface area contributed by atoms with Gasteiger partial charge in [0.15, 0.2) is 0 Å². The maximum Gasteiger partial charge on any atom is 0.250 e.